The Labute approximate surface area is 190 Å². The first-order valence-corrected chi connectivity index (χ1v) is 10.6. The summed E-state index contributed by atoms with van der Waals surface area (Å²) in [5, 5.41) is 12.5. The summed E-state index contributed by atoms with van der Waals surface area (Å²) < 4.78 is 17.2. The van der Waals surface area contributed by atoms with Crippen LogP contribution in [-0.4, -0.2) is 41.7 Å². The lowest BCUT2D eigenvalue weighted by Crippen LogP contribution is -2.31. The van der Waals surface area contributed by atoms with Gasteiger partial charge in [0.25, 0.3) is 0 Å². The molecule has 172 valence electrons. The molecule has 9 heteroatoms. The van der Waals surface area contributed by atoms with Crippen LogP contribution < -0.4 is 25.3 Å². The molecule has 4 rings (SSSR count). The van der Waals surface area contributed by atoms with Gasteiger partial charge >= 0.3 is 5.97 Å². The number of nitrogens with two attached hydrogens (primary N) is 1. The number of hydrogen-bond donors (Lipinski definition) is 3. The maximum Gasteiger partial charge on any atom is 0.320 e. The molecule has 1 fully saturated rings. The van der Waals surface area contributed by atoms with Crippen LogP contribution in [0.15, 0.2) is 48.7 Å². The minimum absolute atomic E-state index is 0.0545. The molecule has 1 heterocycles. The number of aliphatic carboxylic acids is 1. The van der Waals surface area contributed by atoms with E-state index in [9.17, 15) is 9.59 Å². The number of carboxylic acids is 1. The highest BCUT2D eigenvalue weighted by Gasteiger charge is 2.29. The van der Waals surface area contributed by atoms with Gasteiger partial charge < -0.3 is 30.4 Å². The standard InChI is InChI=1S/C24H25N3O6/c1-31-21-12-17-19(13-22(21)32-11-9-18(25)24(29)30)26-10-8-20(17)33-16-6-4-15(5-7-16)27-23(28)14-2-3-14/h4-8,10,12-14,18H,2-3,9,11,25H2,1H3,(H,27,28)(H,29,30)/t18-/m0/s1. The zero-order chi connectivity index (χ0) is 23.4. The average molecular weight is 451 g/mol. The summed E-state index contributed by atoms with van der Waals surface area (Å²) in [7, 11) is 1.52. The van der Waals surface area contributed by atoms with Crippen molar-refractivity contribution in [2.24, 2.45) is 11.7 Å². The molecule has 1 atom stereocenters. The number of methoxy groups -OCH3 is 1. The number of aromatic nitrogens is 1. The number of amides is 1. The lowest BCUT2D eigenvalue weighted by atomic mass is 10.1. The summed E-state index contributed by atoms with van der Waals surface area (Å²) in [5.74, 6) is 1.19. The van der Waals surface area contributed by atoms with Gasteiger partial charge in [0.15, 0.2) is 11.5 Å². The molecule has 9 nitrogen and oxygen atoms in total. The third kappa shape index (κ3) is 5.50. The number of rotatable bonds is 10. The van der Waals surface area contributed by atoms with E-state index in [1.165, 1.54) is 7.11 Å². The van der Waals surface area contributed by atoms with Crippen molar-refractivity contribution in [2.75, 3.05) is 19.0 Å². The number of hydrogen-bond acceptors (Lipinski definition) is 7. The predicted molar refractivity (Wildman–Crippen MR) is 122 cm³/mol. The Morgan fingerprint density at radius 2 is 1.91 bits per heavy atom. The second kappa shape index (κ2) is 9.74. The fourth-order valence-electron chi connectivity index (χ4n) is 3.23. The van der Waals surface area contributed by atoms with Gasteiger partial charge in [-0.2, -0.15) is 0 Å². The second-order valence-electron chi connectivity index (χ2n) is 7.80. The maximum absolute atomic E-state index is 11.9. The summed E-state index contributed by atoms with van der Waals surface area (Å²) >= 11 is 0. The number of anilines is 1. The highest BCUT2D eigenvalue weighted by Crippen LogP contribution is 2.37. The molecule has 1 amide bonds. The molecule has 2 aromatic carbocycles. The highest BCUT2D eigenvalue weighted by atomic mass is 16.5. The molecular weight excluding hydrogens is 426 g/mol. The number of fused-ring (bicyclic) bond motifs is 1. The molecule has 33 heavy (non-hydrogen) atoms. The fourth-order valence-corrected chi connectivity index (χ4v) is 3.23. The van der Waals surface area contributed by atoms with Crippen molar-refractivity contribution in [2.45, 2.75) is 25.3 Å². The smallest absolute Gasteiger partial charge is 0.320 e. The van der Waals surface area contributed by atoms with E-state index in [-0.39, 0.29) is 24.9 Å². The van der Waals surface area contributed by atoms with Crippen molar-refractivity contribution in [3.63, 3.8) is 0 Å². The Bertz CT molecular complexity index is 1160. The lowest BCUT2D eigenvalue weighted by Gasteiger charge is -2.15. The molecule has 1 saturated carbocycles. The minimum atomic E-state index is -1.08. The molecule has 1 aliphatic rings. The van der Waals surface area contributed by atoms with Crippen molar-refractivity contribution >= 4 is 28.5 Å². The van der Waals surface area contributed by atoms with Crippen molar-refractivity contribution in [1.29, 1.82) is 0 Å². The van der Waals surface area contributed by atoms with E-state index in [4.69, 9.17) is 25.1 Å². The van der Waals surface area contributed by atoms with Crippen molar-refractivity contribution in [3.05, 3.63) is 48.7 Å². The van der Waals surface area contributed by atoms with Gasteiger partial charge in [0, 0.05) is 35.7 Å². The van der Waals surface area contributed by atoms with Crippen molar-refractivity contribution in [3.8, 4) is 23.0 Å². The normalized spacial score (nSPS) is 13.9. The summed E-state index contributed by atoms with van der Waals surface area (Å²) in [4.78, 5) is 27.2. The van der Waals surface area contributed by atoms with Gasteiger partial charge in [0.1, 0.15) is 17.5 Å². The fraction of sp³-hybridized carbons (Fsp3) is 0.292. The monoisotopic (exact) mass is 451 g/mol. The van der Waals surface area contributed by atoms with E-state index in [2.05, 4.69) is 10.3 Å². The number of carboxylic acid groups (broad SMARTS) is 1. The first-order chi connectivity index (χ1) is 15.9. The van der Waals surface area contributed by atoms with Crippen LogP contribution in [0.2, 0.25) is 0 Å². The molecule has 0 unspecified atom stereocenters. The Morgan fingerprint density at radius 3 is 2.58 bits per heavy atom. The summed E-state index contributed by atoms with van der Waals surface area (Å²) in [5.41, 5.74) is 6.87. The Kier molecular flexibility index (Phi) is 6.60. The Balaban J connectivity index is 1.49. The van der Waals surface area contributed by atoms with E-state index in [0.29, 0.717) is 28.5 Å². The largest absolute Gasteiger partial charge is 0.493 e. The number of benzene rings is 2. The van der Waals surface area contributed by atoms with Gasteiger partial charge in [-0.15, -0.1) is 0 Å². The number of nitrogens with one attached hydrogen (secondary N) is 1. The minimum Gasteiger partial charge on any atom is -0.493 e. The zero-order valence-corrected chi connectivity index (χ0v) is 18.1. The van der Waals surface area contributed by atoms with Gasteiger partial charge in [0.2, 0.25) is 5.91 Å². The summed E-state index contributed by atoms with van der Waals surface area (Å²) in [6.45, 7) is 0.120. The quantitative estimate of drug-likeness (QED) is 0.426. The SMILES string of the molecule is COc1cc2c(Oc3ccc(NC(=O)C4CC4)cc3)ccnc2cc1OCC[C@H](N)C(=O)O. The first kappa shape index (κ1) is 22.3. The first-order valence-electron chi connectivity index (χ1n) is 10.6. The molecule has 0 radical (unpaired) electrons. The van der Waals surface area contributed by atoms with E-state index < -0.39 is 12.0 Å². The van der Waals surface area contributed by atoms with Crippen LogP contribution in [0.4, 0.5) is 5.69 Å². The summed E-state index contributed by atoms with van der Waals surface area (Å²) in [6.07, 6.45) is 3.69. The van der Waals surface area contributed by atoms with Gasteiger partial charge in [-0.25, -0.2) is 0 Å². The molecule has 0 aliphatic heterocycles. The molecule has 0 spiro atoms. The van der Waals surface area contributed by atoms with Crippen LogP contribution in [-0.2, 0) is 9.59 Å². The number of carbonyl (C=O) groups excluding carboxylic acids is 1. The number of ether oxygens (including phenoxy) is 3. The topological polar surface area (TPSA) is 133 Å². The highest BCUT2D eigenvalue weighted by molar-refractivity contribution is 5.94. The van der Waals surface area contributed by atoms with Gasteiger partial charge in [0.05, 0.1) is 19.2 Å². The van der Waals surface area contributed by atoms with E-state index in [0.717, 1.165) is 23.9 Å². The van der Waals surface area contributed by atoms with E-state index in [1.807, 2.05) is 0 Å². The van der Waals surface area contributed by atoms with Crippen LogP contribution in [0, 0.1) is 5.92 Å². The molecule has 1 aromatic heterocycles. The van der Waals surface area contributed by atoms with E-state index in [1.54, 1.807) is 48.7 Å². The molecule has 0 saturated heterocycles. The molecule has 4 N–H and O–H groups in total. The molecular formula is C24H25N3O6. The van der Waals surface area contributed by atoms with Crippen molar-refractivity contribution in [1.82, 2.24) is 4.98 Å². The molecule has 1 aliphatic carbocycles. The maximum atomic E-state index is 11.9. The van der Waals surface area contributed by atoms with Crippen molar-refractivity contribution < 1.29 is 28.9 Å². The van der Waals surface area contributed by atoms with Crippen LogP contribution in [0.5, 0.6) is 23.0 Å². The molecule has 3 aromatic rings. The lowest BCUT2D eigenvalue weighted by molar-refractivity contribution is -0.138. The van der Waals surface area contributed by atoms with Gasteiger partial charge in [-0.1, -0.05) is 0 Å². The third-order valence-electron chi connectivity index (χ3n) is 5.29. The zero-order valence-electron chi connectivity index (χ0n) is 18.1. The predicted octanol–water partition coefficient (Wildman–Crippen LogP) is 3.56. The van der Waals surface area contributed by atoms with Crippen LogP contribution >= 0.6 is 0 Å². The van der Waals surface area contributed by atoms with Crippen LogP contribution in [0.1, 0.15) is 19.3 Å². The van der Waals surface area contributed by atoms with Crippen LogP contribution in [0.3, 0.4) is 0 Å². The Morgan fingerprint density at radius 1 is 1.15 bits per heavy atom. The number of nitrogens with zero attached hydrogens (tertiary/aromatic N) is 1. The number of pyridine rings is 1. The second-order valence-corrected chi connectivity index (χ2v) is 7.80. The van der Waals surface area contributed by atoms with E-state index >= 15 is 0 Å². The summed E-state index contributed by atoms with van der Waals surface area (Å²) in [6, 6.07) is 11.4. The third-order valence-corrected chi connectivity index (χ3v) is 5.29. The average Bonchev–Trinajstić information content (AvgIpc) is 3.65. The van der Waals surface area contributed by atoms with Gasteiger partial charge in [-0.05, 0) is 49.2 Å². The number of carbonyl (C=O) groups is 2. The Hall–Kier alpha value is -3.85. The van der Waals surface area contributed by atoms with Gasteiger partial charge in [-0.3, -0.25) is 14.6 Å². The van der Waals surface area contributed by atoms with Crippen LogP contribution in [0.25, 0.3) is 10.9 Å². The molecule has 0 bridgehead atoms.